The summed E-state index contributed by atoms with van der Waals surface area (Å²) >= 11 is 2.37. The monoisotopic (exact) mass is 119 g/mol. The fourth-order valence-electron chi connectivity index (χ4n) is 0. The molecule has 0 spiro atoms. The fraction of sp³-hybridized carbons (Fsp3) is 1.00. The first kappa shape index (κ1) is 4.52. The van der Waals surface area contributed by atoms with Crippen LogP contribution in [0.5, 0.6) is 0 Å². The standard InChI is InChI=1S/C2H6AsN/c1-4(2)3/h1-2H3. The third-order valence-electron chi connectivity index (χ3n) is 0. The quantitative estimate of drug-likeness (QED) is 0.393. The van der Waals surface area contributed by atoms with E-state index in [1.807, 2.05) is 17.9 Å². The molecule has 2 heteroatoms. The van der Waals surface area contributed by atoms with Crippen molar-refractivity contribution in [3.8, 4) is 0 Å². The normalized spacial score (nSPS) is 9.00. The summed E-state index contributed by atoms with van der Waals surface area (Å²) in [5, 5.41) is 0. The van der Waals surface area contributed by atoms with E-state index in [1.165, 1.54) is 0 Å². The SMILES string of the molecule is CN(C)[As]. The van der Waals surface area contributed by atoms with E-state index in [9.17, 15) is 0 Å². The van der Waals surface area contributed by atoms with Crippen LogP contribution < -0.4 is 0 Å². The summed E-state index contributed by atoms with van der Waals surface area (Å²) in [6.07, 6.45) is 0. The summed E-state index contributed by atoms with van der Waals surface area (Å²) in [5.41, 5.74) is 0. The molecule has 0 fully saturated rings. The van der Waals surface area contributed by atoms with E-state index < -0.39 is 0 Å². The van der Waals surface area contributed by atoms with Gasteiger partial charge in [-0.1, -0.05) is 0 Å². The minimum absolute atomic E-state index is 1.94. The second-order valence-electron chi connectivity index (χ2n) is 0.847. The summed E-state index contributed by atoms with van der Waals surface area (Å²) in [5.74, 6) is 0. The van der Waals surface area contributed by atoms with Gasteiger partial charge in [0, 0.05) is 0 Å². The zero-order chi connectivity index (χ0) is 3.58. The van der Waals surface area contributed by atoms with Gasteiger partial charge in [-0.3, -0.25) is 0 Å². The van der Waals surface area contributed by atoms with Crippen molar-refractivity contribution in [2.45, 2.75) is 0 Å². The molecule has 0 aromatic carbocycles. The van der Waals surface area contributed by atoms with Crippen molar-refractivity contribution in [1.29, 1.82) is 0 Å². The fourth-order valence-corrected chi connectivity index (χ4v) is 0. The third-order valence-corrected chi connectivity index (χ3v) is 0. The molecule has 0 unspecified atom stereocenters. The van der Waals surface area contributed by atoms with Gasteiger partial charge in [-0.25, -0.2) is 0 Å². The van der Waals surface area contributed by atoms with Gasteiger partial charge in [-0.05, 0) is 0 Å². The molecule has 0 saturated carbocycles. The molecule has 0 N–H and O–H groups in total. The van der Waals surface area contributed by atoms with Gasteiger partial charge < -0.3 is 0 Å². The molecule has 0 aliphatic rings. The summed E-state index contributed by atoms with van der Waals surface area (Å²) in [6.45, 7) is 0. The Bertz CT molecular complexity index is 10.8. The molecule has 0 aromatic rings. The number of nitrogens with zero attached hydrogens (tertiary/aromatic N) is 1. The topological polar surface area (TPSA) is 3.24 Å². The minimum atomic E-state index is 1.94. The number of rotatable bonds is 0. The van der Waals surface area contributed by atoms with Crippen molar-refractivity contribution in [1.82, 2.24) is 3.82 Å². The average Bonchev–Trinajstić information content (AvgIpc) is 0.811. The van der Waals surface area contributed by atoms with Crippen molar-refractivity contribution in [2.24, 2.45) is 0 Å². The Morgan fingerprint density at radius 3 is 1.50 bits per heavy atom. The van der Waals surface area contributed by atoms with Crippen LogP contribution in [0.4, 0.5) is 0 Å². The Kier molecular flexibility index (Phi) is 2.04. The van der Waals surface area contributed by atoms with E-state index in [-0.39, 0.29) is 0 Å². The molecule has 0 aromatic heterocycles. The molecule has 0 aliphatic heterocycles. The van der Waals surface area contributed by atoms with E-state index >= 15 is 0 Å². The Morgan fingerprint density at radius 1 is 1.50 bits per heavy atom. The summed E-state index contributed by atoms with van der Waals surface area (Å²) in [4.78, 5) is 0. The van der Waals surface area contributed by atoms with Gasteiger partial charge in [0.05, 0.1) is 0 Å². The predicted molar refractivity (Wildman–Crippen MR) is 19.4 cm³/mol. The van der Waals surface area contributed by atoms with Gasteiger partial charge in [-0.2, -0.15) is 0 Å². The van der Waals surface area contributed by atoms with Crippen molar-refractivity contribution < 1.29 is 0 Å². The van der Waals surface area contributed by atoms with Gasteiger partial charge in [0.15, 0.2) is 0 Å². The van der Waals surface area contributed by atoms with Gasteiger partial charge in [-0.15, -0.1) is 0 Å². The van der Waals surface area contributed by atoms with Crippen LogP contribution in [0.3, 0.4) is 0 Å². The number of hydrogen-bond donors (Lipinski definition) is 0. The Morgan fingerprint density at radius 2 is 1.50 bits per heavy atom. The van der Waals surface area contributed by atoms with E-state index in [1.54, 1.807) is 0 Å². The molecule has 24 valence electrons. The van der Waals surface area contributed by atoms with Crippen molar-refractivity contribution in [2.75, 3.05) is 14.1 Å². The third kappa shape index (κ3) is 21.6. The van der Waals surface area contributed by atoms with Gasteiger partial charge in [0.1, 0.15) is 0 Å². The van der Waals surface area contributed by atoms with Crippen molar-refractivity contribution >= 4 is 17.1 Å². The molecule has 0 rings (SSSR count). The van der Waals surface area contributed by atoms with Gasteiger partial charge >= 0.3 is 35.0 Å². The van der Waals surface area contributed by atoms with Crippen LogP contribution in [0.25, 0.3) is 0 Å². The van der Waals surface area contributed by atoms with Crippen LogP contribution in [0, 0.1) is 0 Å². The Balaban J connectivity index is 2.32. The van der Waals surface area contributed by atoms with Gasteiger partial charge in [0.2, 0.25) is 0 Å². The molecule has 0 amide bonds. The molecular weight excluding hydrogens is 113 g/mol. The van der Waals surface area contributed by atoms with Crippen LogP contribution in [-0.4, -0.2) is 35.0 Å². The molecule has 1 nitrogen and oxygen atoms in total. The van der Waals surface area contributed by atoms with E-state index in [0.29, 0.717) is 0 Å². The van der Waals surface area contributed by atoms with Gasteiger partial charge in [0.25, 0.3) is 0 Å². The molecule has 0 saturated heterocycles. The van der Waals surface area contributed by atoms with Crippen molar-refractivity contribution in [3.05, 3.63) is 0 Å². The molecule has 0 atom stereocenters. The Hall–Kier alpha value is 0.518. The van der Waals surface area contributed by atoms with E-state index in [2.05, 4.69) is 17.1 Å². The molecule has 0 heterocycles. The first-order valence-electron chi connectivity index (χ1n) is 1.09. The summed E-state index contributed by atoms with van der Waals surface area (Å²) in [6, 6.07) is 0. The van der Waals surface area contributed by atoms with Crippen LogP contribution in [0.2, 0.25) is 0 Å². The maximum absolute atomic E-state index is 2.37. The zero-order valence-corrected chi connectivity index (χ0v) is 4.77. The van der Waals surface area contributed by atoms with Crippen molar-refractivity contribution in [3.63, 3.8) is 0 Å². The van der Waals surface area contributed by atoms with Crippen LogP contribution in [0.1, 0.15) is 0 Å². The molecule has 4 heavy (non-hydrogen) atoms. The van der Waals surface area contributed by atoms with E-state index in [0.717, 1.165) is 0 Å². The summed E-state index contributed by atoms with van der Waals surface area (Å²) in [7, 11) is 3.94. The molecular formula is C2H6AsN. The molecule has 0 bridgehead atoms. The summed E-state index contributed by atoms with van der Waals surface area (Å²) < 4.78 is 1.94. The second-order valence-corrected chi connectivity index (χ2v) is 2.53. The first-order valence-corrected chi connectivity index (χ1v) is 1.93. The molecule has 2 radical (unpaired) electrons. The molecule has 0 aliphatic carbocycles. The van der Waals surface area contributed by atoms with Crippen LogP contribution in [0.15, 0.2) is 0 Å². The number of hydrogen-bond acceptors (Lipinski definition) is 1. The second kappa shape index (κ2) is 1.80. The zero-order valence-electron chi connectivity index (χ0n) is 2.89. The Labute approximate surface area is 35.7 Å². The average molecular weight is 119 g/mol. The first-order chi connectivity index (χ1) is 1.73. The van der Waals surface area contributed by atoms with E-state index in [4.69, 9.17) is 0 Å². The van der Waals surface area contributed by atoms with Crippen LogP contribution in [-0.2, 0) is 0 Å². The van der Waals surface area contributed by atoms with Crippen LogP contribution >= 0.6 is 0 Å². The maximum atomic E-state index is 2.37. The predicted octanol–water partition coefficient (Wildman–Crippen LogP) is -0.369.